The first-order valence-corrected chi connectivity index (χ1v) is 8.88. The monoisotopic (exact) mass is 342 g/mol. The first-order valence-electron chi connectivity index (χ1n) is 6.99. The predicted molar refractivity (Wildman–Crippen MR) is 87.7 cm³/mol. The molecular formula is C15H22N2O5S. The first-order chi connectivity index (χ1) is 10.4. The number of para-hydroxylation sites is 1. The molecule has 0 unspecified atom stereocenters. The fraction of sp³-hybridized carbons (Fsp3) is 0.467. The van der Waals surface area contributed by atoms with Crippen LogP contribution >= 0.6 is 0 Å². The van der Waals surface area contributed by atoms with E-state index in [0.29, 0.717) is 0 Å². The van der Waals surface area contributed by atoms with Crippen LogP contribution in [0.5, 0.6) is 0 Å². The molecule has 1 amide bonds. The van der Waals surface area contributed by atoms with Gasteiger partial charge >= 0.3 is 5.97 Å². The number of hydrogen-bond acceptors (Lipinski definition) is 5. The number of hydrogen-bond donors (Lipinski definition) is 2. The fourth-order valence-corrected chi connectivity index (χ4v) is 2.28. The fourth-order valence-electron chi connectivity index (χ4n) is 1.70. The summed E-state index contributed by atoms with van der Waals surface area (Å²) in [7, 11) is -3.54. The Bertz CT molecular complexity index is 692. The summed E-state index contributed by atoms with van der Waals surface area (Å²) in [6.07, 6.45) is -0.0258. The van der Waals surface area contributed by atoms with Gasteiger partial charge in [-0.15, -0.1) is 0 Å². The van der Waals surface area contributed by atoms with Crippen LogP contribution < -0.4 is 10.0 Å². The highest BCUT2D eigenvalue weighted by Crippen LogP contribution is 2.18. The van der Waals surface area contributed by atoms with Gasteiger partial charge in [0.05, 0.1) is 17.5 Å². The first kappa shape index (κ1) is 19.0. The summed E-state index contributed by atoms with van der Waals surface area (Å²) < 4.78 is 30.0. The van der Waals surface area contributed by atoms with Crippen molar-refractivity contribution in [1.29, 1.82) is 0 Å². The van der Waals surface area contributed by atoms with Gasteiger partial charge in [-0.2, -0.15) is 0 Å². The number of carbonyl (C=O) groups excluding carboxylic acids is 2. The summed E-state index contributed by atoms with van der Waals surface area (Å²) in [5.74, 6) is -1.22. The topological polar surface area (TPSA) is 102 Å². The van der Waals surface area contributed by atoms with E-state index >= 15 is 0 Å². The van der Waals surface area contributed by atoms with Crippen LogP contribution in [-0.2, 0) is 19.6 Å². The van der Waals surface area contributed by atoms with Gasteiger partial charge in [-0.3, -0.25) is 9.52 Å². The number of sulfonamides is 1. The van der Waals surface area contributed by atoms with Gasteiger partial charge in [-0.05, 0) is 39.8 Å². The Balaban J connectivity index is 2.88. The molecule has 1 atom stereocenters. The van der Waals surface area contributed by atoms with E-state index in [1.54, 1.807) is 12.1 Å². The second-order valence-corrected chi connectivity index (χ2v) is 7.96. The zero-order valence-electron chi connectivity index (χ0n) is 13.8. The Hall–Kier alpha value is -2.09. The molecule has 1 aromatic rings. The number of anilines is 1. The second-order valence-electron chi connectivity index (χ2n) is 6.21. The van der Waals surface area contributed by atoms with E-state index in [1.165, 1.54) is 19.1 Å². The molecule has 0 aromatic heterocycles. The zero-order chi connectivity index (χ0) is 17.8. The molecule has 0 saturated carbocycles. The number of carbonyl (C=O) groups is 2. The molecule has 0 aliphatic heterocycles. The largest absolute Gasteiger partial charge is 0.449 e. The molecule has 7 nitrogen and oxygen atoms in total. The maximum absolute atomic E-state index is 12.2. The molecule has 0 aliphatic carbocycles. The third-order valence-electron chi connectivity index (χ3n) is 2.59. The van der Waals surface area contributed by atoms with Crippen LogP contribution in [0.25, 0.3) is 0 Å². The number of ether oxygens (including phenoxy) is 1. The Morgan fingerprint density at radius 1 is 1.17 bits per heavy atom. The molecule has 0 bridgehead atoms. The van der Waals surface area contributed by atoms with Crippen LogP contribution in [0.15, 0.2) is 24.3 Å². The van der Waals surface area contributed by atoms with Crippen molar-refractivity contribution in [2.75, 3.05) is 11.0 Å². The van der Waals surface area contributed by atoms with Crippen molar-refractivity contribution in [3.8, 4) is 0 Å². The van der Waals surface area contributed by atoms with Crippen LogP contribution in [0.2, 0.25) is 0 Å². The molecular weight excluding hydrogens is 320 g/mol. The highest BCUT2D eigenvalue weighted by Gasteiger charge is 2.24. The van der Waals surface area contributed by atoms with Gasteiger partial charge in [0, 0.05) is 5.54 Å². The summed E-state index contributed by atoms with van der Waals surface area (Å²) in [6.45, 7) is 6.88. The van der Waals surface area contributed by atoms with Crippen LogP contribution in [0, 0.1) is 0 Å². The van der Waals surface area contributed by atoms with Gasteiger partial charge in [0.25, 0.3) is 5.91 Å². The van der Waals surface area contributed by atoms with Gasteiger partial charge < -0.3 is 10.1 Å². The molecule has 0 spiro atoms. The summed E-state index contributed by atoms with van der Waals surface area (Å²) in [6, 6.07) is 6.02. The highest BCUT2D eigenvalue weighted by atomic mass is 32.2. The molecule has 0 aliphatic rings. The lowest BCUT2D eigenvalue weighted by Crippen LogP contribution is -2.46. The second kappa shape index (κ2) is 6.99. The Kier molecular flexibility index (Phi) is 5.76. The number of nitrogens with one attached hydrogen (secondary N) is 2. The third kappa shape index (κ3) is 6.68. The lowest BCUT2D eigenvalue weighted by atomic mass is 10.1. The molecule has 0 saturated heterocycles. The standard InChI is InChI=1S/C15H22N2O5S/c1-10(13(18)16-15(2,3)4)22-14(19)11-8-6-7-9-12(11)17-23(5,20)21/h6-10,17H,1-5H3,(H,16,18)/t10-/m1/s1. The van der Waals surface area contributed by atoms with Gasteiger partial charge in [0.2, 0.25) is 10.0 Å². The smallest absolute Gasteiger partial charge is 0.341 e. The van der Waals surface area contributed by atoms with E-state index in [0.717, 1.165) is 6.26 Å². The van der Waals surface area contributed by atoms with Gasteiger partial charge in [0.15, 0.2) is 6.10 Å². The molecule has 1 rings (SSSR count). The average Bonchev–Trinajstić information content (AvgIpc) is 2.35. The van der Waals surface area contributed by atoms with Crippen molar-refractivity contribution in [3.63, 3.8) is 0 Å². The van der Waals surface area contributed by atoms with Crippen LogP contribution in [0.1, 0.15) is 38.1 Å². The van der Waals surface area contributed by atoms with Crippen molar-refractivity contribution in [1.82, 2.24) is 5.32 Å². The molecule has 0 radical (unpaired) electrons. The van der Waals surface area contributed by atoms with E-state index < -0.39 is 33.5 Å². The van der Waals surface area contributed by atoms with Crippen molar-refractivity contribution in [2.24, 2.45) is 0 Å². The minimum absolute atomic E-state index is 0.0355. The highest BCUT2D eigenvalue weighted by molar-refractivity contribution is 7.92. The maximum atomic E-state index is 12.2. The summed E-state index contributed by atoms with van der Waals surface area (Å²) >= 11 is 0. The predicted octanol–water partition coefficient (Wildman–Crippen LogP) is 1.52. The summed E-state index contributed by atoms with van der Waals surface area (Å²) in [5, 5.41) is 2.70. The third-order valence-corrected chi connectivity index (χ3v) is 3.18. The van der Waals surface area contributed by atoms with Crippen LogP contribution in [0.4, 0.5) is 5.69 Å². The zero-order valence-corrected chi connectivity index (χ0v) is 14.7. The van der Waals surface area contributed by atoms with Gasteiger partial charge in [-0.25, -0.2) is 13.2 Å². The summed E-state index contributed by atoms with van der Waals surface area (Å²) in [4.78, 5) is 24.1. The minimum atomic E-state index is -3.54. The van der Waals surface area contributed by atoms with Gasteiger partial charge in [0.1, 0.15) is 0 Å². The van der Waals surface area contributed by atoms with E-state index in [2.05, 4.69) is 10.0 Å². The number of esters is 1. The van der Waals surface area contributed by atoms with E-state index in [-0.39, 0.29) is 11.3 Å². The van der Waals surface area contributed by atoms with Crippen LogP contribution in [-0.4, -0.2) is 38.2 Å². The van der Waals surface area contributed by atoms with Crippen molar-refractivity contribution >= 4 is 27.6 Å². The molecule has 0 heterocycles. The quantitative estimate of drug-likeness (QED) is 0.790. The molecule has 2 N–H and O–H groups in total. The minimum Gasteiger partial charge on any atom is -0.449 e. The molecule has 1 aromatic carbocycles. The van der Waals surface area contributed by atoms with Crippen molar-refractivity contribution < 1.29 is 22.7 Å². The average molecular weight is 342 g/mol. The maximum Gasteiger partial charge on any atom is 0.341 e. The lowest BCUT2D eigenvalue weighted by molar-refractivity contribution is -0.130. The lowest BCUT2D eigenvalue weighted by Gasteiger charge is -2.23. The van der Waals surface area contributed by atoms with Gasteiger partial charge in [-0.1, -0.05) is 12.1 Å². The SMILES string of the molecule is C[C@@H](OC(=O)c1ccccc1NS(C)(=O)=O)C(=O)NC(C)(C)C. The molecule has 23 heavy (non-hydrogen) atoms. The Morgan fingerprint density at radius 2 is 1.74 bits per heavy atom. The molecule has 0 fully saturated rings. The van der Waals surface area contributed by atoms with E-state index in [1.807, 2.05) is 20.8 Å². The Labute approximate surface area is 136 Å². The van der Waals surface area contributed by atoms with E-state index in [4.69, 9.17) is 4.74 Å². The van der Waals surface area contributed by atoms with Crippen LogP contribution in [0.3, 0.4) is 0 Å². The molecule has 8 heteroatoms. The van der Waals surface area contributed by atoms with Crippen molar-refractivity contribution in [2.45, 2.75) is 39.3 Å². The number of benzene rings is 1. The number of rotatable bonds is 5. The normalized spacial score (nSPS) is 13.1. The molecule has 128 valence electrons. The Morgan fingerprint density at radius 3 is 2.26 bits per heavy atom. The number of amides is 1. The summed E-state index contributed by atoms with van der Waals surface area (Å²) in [5.41, 5.74) is -0.315. The van der Waals surface area contributed by atoms with E-state index in [9.17, 15) is 18.0 Å². The van der Waals surface area contributed by atoms with Crippen molar-refractivity contribution in [3.05, 3.63) is 29.8 Å².